The van der Waals surface area contributed by atoms with Gasteiger partial charge in [-0.2, -0.15) is 0 Å². The number of methoxy groups -OCH3 is 1. The Labute approximate surface area is 136 Å². The first-order chi connectivity index (χ1) is 11.2. The molecule has 0 spiro atoms. The van der Waals surface area contributed by atoms with Crippen molar-refractivity contribution < 1.29 is 9.13 Å². The van der Waals surface area contributed by atoms with Crippen molar-refractivity contribution in [3.05, 3.63) is 65.5 Å². The van der Waals surface area contributed by atoms with E-state index in [1.165, 1.54) is 12.1 Å². The van der Waals surface area contributed by atoms with Gasteiger partial charge in [-0.25, -0.2) is 4.39 Å². The Morgan fingerprint density at radius 1 is 1.09 bits per heavy atom. The Hall–Kier alpha value is -2.56. The van der Waals surface area contributed by atoms with Gasteiger partial charge in [0, 0.05) is 20.1 Å². The Morgan fingerprint density at radius 2 is 1.83 bits per heavy atom. The van der Waals surface area contributed by atoms with Crippen molar-refractivity contribution in [3.63, 3.8) is 0 Å². The minimum atomic E-state index is -0.229. The lowest BCUT2D eigenvalue weighted by Gasteiger charge is -2.13. The summed E-state index contributed by atoms with van der Waals surface area (Å²) in [7, 11) is 3.40. The third-order valence-electron chi connectivity index (χ3n) is 3.48. The Kier molecular flexibility index (Phi) is 6.41. The van der Waals surface area contributed by atoms with Crippen molar-refractivity contribution in [1.29, 1.82) is 0 Å². The molecule has 2 aromatic rings. The van der Waals surface area contributed by atoms with E-state index >= 15 is 0 Å². The minimum absolute atomic E-state index is 0.229. The molecule has 5 heteroatoms. The molecule has 122 valence electrons. The molecule has 0 saturated heterocycles. The summed E-state index contributed by atoms with van der Waals surface area (Å²) in [6, 6.07) is 14.4. The van der Waals surface area contributed by atoms with Crippen LogP contribution >= 0.6 is 0 Å². The minimum Gasteiger partial charge on any atom is -0.496 e. The van der Waals surface area contributed by atoms with Crippen LogP contribution in [0.5, 0.6) is 5.75 Å². The van der Waals surface area contributed by atoms with Gasteiger partial charge in [-0.15, -0.1) is 0 Å². The topological polar surface area (TPSA) is 45.7 Å². The van der Waals surface area contributed by atoms with Crippen molar-refractivity contribution in [2.75, 3.05) is 20.7 Å². The van der Waals surface area contributed by atoms with Gasteiger partial charge in [-0.3, -0.25) is 4.99 Å². The SMILES string of the molecule is CN=C(NCCc1ccccc1OC)NCc1ccc(F)cc1. The number of nitrogens with one attached hydrogen (secondary N) is 2. The molecule has 2 aromatic carbocycles. The van der Waals surface area contributed by atoms with Gasteiger partial charge in [-0.1, -0.05) is 30.3 Å². The summed E-state index contributed by atoms with van der Waals surface area (Å²) in [6.45, 7) is 1.33. The number of hydrogen-bond acceptors (Lipinski definition) is 2. The number of benzene rings is 2. The standard InChI is InChI=1S/C18H22FN3O/c1-20-18(22-13-14-7-9-16(19)10-8-14)21-12-11-15-5-3-4-6-17(15)23-2/h3-10H,11-13H2,1-2H3,(H2,20,21,22). The molecule has 0 aliphatic rings. The first kappa shape index (κ1) is 16.8. The summed E-state index contributed by atoms with van der Waals surface area (Å²) in [5.74, 6) is 1.38. The molecule has 23 heavy (non-hydrogen) atoms. The lowest BCUT2D eigenvalue weighted by Crippen LogP contribution is -2.37. The number of halogens is 1. The van der Waals surface area contributed by atoms with Gasteiger partial charge in [0.15, 0.2) is 5.96 Å². The first-order valence-electron chi connectivity index (χ1n) is 7.54. The molecule has 0 unspecified atom stereocenters. The second kappa shape index (κ2) is 8.78. The third kappa shape index (κ3) is 5.29. The average molecular weight is 315 g/mol. The molecule has 0 saturated carbocycles. The highest BCUT2D eigenvalue weighted by molar-refractivity contribution is 5.79. The molecule has 0 aliphatic heterocycles. The molecule has 0 bridgehead atoms. The maximum absolute atomic E-state index is 12.9. The van der Waals surface area contributed by atoms with E-state index in [-0.39, 0.29) is 5.82 Å². The molecule has 0 radical (unpaired) electrons. The van der Waals surface area contributed by atoms with Crippen LogP contribution in [0.4, 0.5) is 4.39 Å². The molecule has 0 fully saturated rings. The normalized spacial score (nSPS) is 11.2. The van der Waals surface area contributed by atoms with Crippen molar-refractivity contribution in [3.8, 4) is 5.75 Å². The van der Waals surface area contributed by atoms with Gasteiger partial charge in [0.2, 0.25) is 0 Å². The van der Waals surface area contributed by atoms with Crippen LogP contribution in [0, 0.1) is 5.82 Å². The highest BCUT2D eigenvalue weighted by Crippen LogP contribution is 2.17. The summed E-state index contributed by atoms with van der Waals surface area (Å²) in [6.07, 6.45) is 0.835. The number of hydrogen-bond donors (Lipinski definition) is 2. The highest BCUT2D eigenvalue weighted by atomic mass is 19.1. The number of guanidine groups is 1. The van der Waals surface area contributed by atoms with Gasteiger partial charge in [0.25, 0.3) is 0 Å². The van der Waals surface area contributed by atoms with E-state index in [2.05, 4.69) is 21.7 Å². The zero-order chi connectivity index (χ0) is 16.5. The second-order valence-corrected chi connectivity index (χ2v) is 5.04. The Balaban J connectivity index is 1.80. The van der Waals surface area contributed by atoms with Gasteiger partial charge in [-0.05, 0) is 35.7 Å². The van der Waals surface area contributed by atoms with Crippen LogP contribution in [0.1, 0.15) is 11.1 Å². The summed E-state index contributed by atoms with van der Waals surface area (Å²) < 4.78 is 18.2. The number of ether oxygens (including phenoxy) is 1. The molecule has 0 amide bonds. The number of aliphatic imine (C=N–C) groups is 1. The molecule has 0 heterocycles. The zero-order valence-corrected chi connectivity index (χ0v) is 13.5. The summed E-state index contributed by atoms with van der Waals surface area (Å²) in [5.41, 5.74) is 2.15. The zero-order valence-electron chi connectivity index (χ0n) is 13.5. The van der Waals surface area contributed by atoms with Crippen molar-refractivity contribution in [2.24, 2.45) is 4.99 Å². The Bertz CT molecular complexity index is 641. The van der Waals surface area contributed by atoms with Gasteiger partial charge < -0.3 is 15.4 Å². The van der Waals surface area contributed by atoms with E-state index in [9.17, 15) is 4.39 Å². The average Bonchev–Trinajstić information content (AvgIpc) is 2.59. The third-order valence-corrected chi connectivity index (χ3v) is 3.48. The van der Waals surface area contributed by atoms with E-state index in [0.717, 1.165) is 29.8 Å². The summed E-state index contributed by atoms with van der Waals surface area (Å²) >= 11 is 0. The van der Waals surface area contributed by atoms with Crippen LogP contribution in [0.3, 0.4) is 0 Å². The maximum atomic E-state index is 12.9. The van der Waals surface area contributed by atoms with E-state index < -0.39 is 0 Å². The molecule has 2 N–H and O–H groups in total. The monoisotopic (exact) mass is 315 g/mol. The quantitative estimate of drug-likeness (QED) is 0.636. The van der Waals surface area contributed by atoms with Crippen molar-refractivity contribution in [2.45, 2.75) is 13.0 Å². The van der Waals surface area contributed by atoms with E-state index in [1.54, 1.807) is 26.3 Å². The molecule has 4 nitrogen and oxygen atoms in total. The molecule has 0 aliphatic carbocycles. The fourth-order valence-electron chi connectivity index (χ4n) is 2.23. The van der Waals surface area contributed by atoms with Gasteiger partial charge in [0.05, 0.1) is 7.11 Å². The molecule has 2 rings (SSSR count). The van der Waals surface area contributed by atoms with Gasteiger partial charge >= 0.3 is 0 Å². The van der Waals surface area contributed by atoms with Crippen LogP contribution in [-0.2, 0) is 13.0 Å². The van der Waals surface area contributed by atoms with Crippen LogP contribution in [0.15, 0.2) is 53.5 Å². The summed E-state index contributed by atoms with van der Waals surface area (Å²) in [5, 5.41) is 6.47. The highest BCUT2D eigenvalue weighted by Gasteiger charge is 2.03. The summed E-state index contributed by atoms with van der Waals surface area (Å²) in [4.78, 5) is 4.18. The number of rotatable bonds is 6. The fraction of sp³-hybridized carbons (Fsp3) is 0.278. The van der Waals surface area contributed by atoms with E-state index in [0.29, 0.717) is 12.5 Å². The number of nitrogens with zero attached hydrogens (tertiary/aromatic N) is 1. The van der Waals surface area contributed by atoms with E-state index in [4.69, 9.17) is 4.74 Å². The molecular weight excluding hydrogens is 293 g/mol. The van der Waals surface area contributed by atoms with Crippen LogP contribution < -0.4 is 15.4 Å². The lowest BCUT2D eigenvalue weighted by atomic mass is 10.1. The molecular formula is C18H22FN3O. The second-order valence-electron chi connectivity index (χ2n) is 5.04. The Morgan fingerprint density at radius 3 is 2.52 bits per heavy atom. The van der Waals surface area contributed by atoms with Crippen LogP contribution in [0.25, 0.3) is 0 Å². The van der Waals surface area contributed by atoms with Crippen molar-refractivity contribution in [1.82, 2.24) is 10.6 Å². The molecule has 0 aromatic heterocycles. The van der Waals surface area contributed by atoms with Gasteiger partial charge in [0.1, 0.15) is 11.6 Å². The predicted molar refractivity (Wildman–Crippen MR) is 91.3 cm³/mol. The first-order valence-corrected chi connectivity index (χ1v) is 7.54. The number of para-hydroxylation sites is 1. The van der Waals surface area contributed by atoms with E-state index in [1.807, 2.05) is 18.2 Å². The largest absolute Gasteiger partial charge is 0.496 e. The smallest absolute Gasteiger partial charge is 0.191 e. The maximum Gasteiger partial charge on any atom is 0.191 e. The van der Waals surface area contributed by atoms with Crippen molar-refractivity contribution >= 4 is 5.96 Å². The predicted octanol–water partition coefficient (Wildman–Crippen LogP) is 2.74. The fourth-order valence-corrected chi connectivity index (χ4v) is 2.23. The molecule has 0 atom stereocenters. The van der Waals surface area contributed by atoms with Crippen LogP contribution in [0.2, 0.25) is 0 Å². The van der Waals surface area contributed by atoms with Crippen LogP contribution in [-0.4, -0.2) is 26.7 Å². The lowest BCUT2D eigenvalue weighted by molar-refractivity contribution is 0.409.